The largest absolute Gasteiger partial charge is 0.477 e. The molecule has 7 heteroatoms. The molecule has 0 aliphatic rings. The first-order chi connectivity index (χ1) is 19.2. The molecule has 3 atom stereocenters. The van der Waals surface area contributed by atoms with Crippen LogP contribution >= 0.6 is 0 Å². The minimum absolute atomic E-state index is 0.192. The minimum atomic E-state index is -1.12. The van der Waals surface area contributed by atoms with Crippen molar-refractivity contribution in [3.63, 3.8) is 0 Å². The Hall–Kier alpha value is -1.89. The maximum absolute atomic E-state index is 12.3. The third-order valence-corrected chi connectivity index (χ3v) is 8.56. The van der Waals surface area contributed by atoms with Crippen LogP contribution < -0.4 is 0 Å². The van der Waals surface area contributed by atoms with E-state index in [1.165, 1.54) is 70.6 Å². The summed E-state index contributed by atoms with van der Waals surface area (Å²) in [6.07, 6.45) is 25.5. The van der Waals surface area contributed by atoms with Crippen LogP contribution in [0.25, 0.3) is 0 Å². The molecule has 0 saturated carbocycles. The molecular weight excluding hydrogens is 506 g/mol. The summed E-state index contributed by atoms with van der Waals surface area (Å²) in [5.41, 5.74) is 0. The summed E-state index contributed by atoms with van der Waals surface area (Å²) in [4.78, 5) is 36.8. The summed E-state index contributed by atoms with van der Waals surface area (Å²) in [5, 5.41) is 30.0. The second kappa shape index (κ2) is 23.8. The zero-order chi connectivity index (χ0) is 30.2. The van der Waals surface area contributed by atoms with Gasteiger partial charge in [-0.3, -0.25) is 4.48 Å². The molecule has 0 heterocycles. The quantitative estimate of drug-likeness (QED) is 0.0495. The highest BCUT2D eigenvalue weighted by Crippen LogP contribution is 2.32. The van der Waals surface area contributed by atoms with Crippen molar-refractivity contribution in [3.05, 3.63) is 12.2 Å². The SMILES string of the molecule is CCCCCCCCC/C=C/CCCCCCCCCC[N+](C(CC)C(=O)O)(C(CC)C(=O)O)C(CC)C(=O)O. The molecule has 40 heavy (non-hydrogen) atoms. The Bertz CT molecular complexity index is 652. The maximum atomic E-state index is 12.3. The second-order valence-electron chi connectivity index (χ2n) is 11.5. The first-order valence-corrected chi connectivity index (χ1v) is 16.4. The molecule has 0 spiro atoms. The van der Waals surface area contributed by atoms with Crippen LogP contribution in [0, 0.1) is 0 Å². The van der Waals surface area contributed by atoms with Crippen molar-refractivity contribution >= 4 is 17.9 Å². The molecule has 3 unspecified atom stereocenters. The summed E-state index contributed by atoms with van der Waals surface area (Å²) >= 11 is 0. The van der Waals surface area contributed by atoms with E-state index in [0.29, 0.717) is 6.42 Å². The van der Waals surface area contributed by atoms with Gasteiger partial charge < -0.3 is 15.3 Å². The van der Waals surface area contributed by atoms with E-state index in [0.717, 1.165) is 32.1 Å². The van der Waals surface area contributed by atoms with Gasteiger partial charge in [-0.15, -0.1) is 0 Å². The van der Waals surface area contributed by atoms with Crippen molar-refractivity contribution in [1.29, 1.82) is 0 Å². The Balaban J connectivity index is 4.53. The zero-order valence-electron chi connectivity index (χ0n) is 26.2. The van der Waals surface area contributed by atoms with Crippen molar-refractivity contribution in [3.8, 4) is 0 Å². The van der Waals surface area contributed by atoms with E-state index in [1.807, 2.05) is 0 Å². The van der Waals surface area contributed by atoms with Gasteiger partial charge in [-0.05, 0) is 38.5 Å². The lowest BCUT2D eigenvalue weighted by Gasteiger charge is -2.49. The summed E-state index contributed by atoms with van der Waals surface area (Å²) < 4.78 is -0.407. The molecule has 0 bridgehead atoms. The number of aliphatic carboxylic acids is 3. The fourth-order valence-electron chi connectivity index (χ4n) is 6.44. The van der Waals surface area contributed by atoms with Gasteiger partial charge in [0.2, 0.25) is 0 Å². The predicted octanol–water partition coefficient (Wildman–Crippen LogP) is 8.60. The van der Waals surface area contributed by atoms with E-state index < -0.39 is 40.5 Å². The van der Waals surface area contributed by atoms with E-state index in [2.05, 4.69) is 19.1 Å². The number of hydrogen-bond acceptors (Lipinski definition) is 3. The van der Waals surface area contributed by atoms with Gasteiger partial charge in [-0.2, -0.15) is 0 Å². The predicted molar refractivity (Wildman–Crippen MR) is 164 cm³/mol. The Morgan fingerprint density at radius 3 is 1.10 bits per heavy atom. The van der Waals surface area contributed by atoms with Gasteiger partial charge in [0.25, 0.3) is 0 Å². The van der Waals surface area contributed by atoms with Gasteiger partial charge >= 0.3 is 17.9 Å². The smallest absolute Gasteiger partial charge is 0.362 e. The van der Waals surface area contributed by atoms with Crippen LogP contribution in [0.1, 0.15) is 156 Å². The molecule has 0 aliphatic heterocycles. The minimum Gasteiger partial charge on any atom is -0.477 e. The van der Waals surface area contributed by atoms with Gasteiger partial charge in [-0.1, -0.05) is 110 Å². The lowest BCUT2D eigenvalue weighted by molar-refractivity contribution is -0.973. The summed E-state index contributed by atoms with van der Waals surface area (Å²) in [6, 6.07) is -3.19. The molecule has 0 radical (unpaired) electrons. The number of nitrogens with zero attached hydrogens (tertiary/aromatic N) is 1. The lowest BCUT2D eigenvalue weighted by atomic mass is 9.93. The monoisotopic (exact) mass is 568 g/mol. The Labute approximate surface area is 245 Å². The van der Waals surface area contributed by atoms with Gasteiger partial charge in [-0.25, -0.2) is 14.4 Å². The van der Waals surface area contributed by atoms with Crippen molar-refractivity contribution in [2.75, 3.05) is 6.54 Å². The van der Waals surface area contributed by atoms with Crippen molar-refractivity contribution < 1.29 is 34.2 Å². The van der Waals surface area contributed by atoms with E-state index in [1.54, 1.807) is 20.8 Å². The highest BCUT2D eigenvalue weighted by atomic mass is 16.4. The number of quaternary nitrogens is 1. The average Bonchev–Trinajstić information content (AvgIpc) is 2.90. The van der Waals surface area contributed by atoms with Gasteiger partial charge in [0.1, 0.15) is 0 Å². The third kappa shape index (κ3) is 14.1. The number of hydrogen-bond donors (Lipinski definition) is 3. The molecule has 0 fully saturated rings. The highest BCUT2D eigenvalue weighted by Gasteiger charge is 2.55. The number of carboxylic acid groups (broad SMARTS) is 3. The van der Waals surface area contributed by atoms with Crippen LogP contribution in [0.5, 0.6) is 0 Å². The van der Waals surface area contributed by atoms with Crippen LogP contribution in [0.4, 0.5) is 0 Å². The zero-order valence-corrected chi connectivity index (χ0v) is 26.2. The standard InChI is InChI=1S/C33H61NO6/c1-5-9-10-11-12-13-14-15-16-17-18-19-20-21-22-23-24-25-26-27-34(28(6-2)31(35)36,29(7-3)32(37)38)30(8-4)33(39)40/h16-17,28-30H,5-15,18-27H2,1-4H3,(H2-,35,36,37,38,39,40)/p+1/b17-16+. The maximum Gasteiger partial charge on any atom is 0.362 e. The normalized spacial score (nSPS) is 15.5. The number of carboxylic acids is 3. The summed E-state index contributed by atoms with van der Waals surface area (Å²) in [5.74, 6) is -3.35. The summed E-state index contributed by atoms with van der Waals surface area (Å²) in [7, 11) is 0. The van der Waals surface area contributed by atoms with Crippen LogP contribution in [0.2, 0.25) is 0 Å². The Morgan fingerprint density at radius 2 is 0.800 bits per heavy atom. The fraction of sp³-hybridized carbons (Fsp3) is 0.848. The molecule has 7 nitrogen and oxygen atoms in total. The third-order valence-electron chi connectivity index (χ3n) is 8.56. The molecule has 0 aromatic heterocycles. The summed E-state index contributed by atoms with van der Waals surface area (Å²) in [6.45, 7) is 7.64. The first kappa shape index (κ1) is 38.1. The molecule has 3 N–H and O–H groups in total. The molecule has 0 aliphatic carbocycles. The van der Waals surface area contributed by atoms with Crippen molar-refractivity contribution in [1.82, 2.24) is 0 Å². The van der Waals surface area contributed by atoms with Gasteiger partial charge in [0.15, 0.2) is 18.1 Å². The van der Waals surface area contributed by atoms with E-state index in [9.17, 15) is 29.7 Å². The molecule has 0 amide bonds. The van der Waals surface area contributed by atoms with E-state index in [-0.39, 0.29) is 25.8 Å². The lowest BCUT2D eigenvalue weighted by Crippen LogP contribution is -2.72. The van der Waals surface area contributed by atoms with Crippen molar-refractivity contribution in [2.45, 2.75) is 174 Å². The Kier molecular flexibility index (Phi) is 22.7. The average molecular weight is 569 g/mol. The molecule has 0 rings (SSSR count). The molecule has 0 aromatic carbocycles. The van der Waals surface area contributed by atoms with Crippen LogP contribution in [-0.2, 0) is 14.4 Å². The molecular formula is C33H62NO6+. The number of carbonyl (C=O) groups is 3. The van der Waals surface area contributed by atoms with Gasteiger partial charge in [0.05, 0.1) is 6.54 Å². The number of unbranched alkanes of at least 4 members (excludes halogenated alkanes) is 15. The topological polar surface area (TPSA) is 112 Å². The van der Waals surface area contributed by atoms with Crippen molar-refractivity contribution in [2.24, 2.45) is 0 Å². The van der Waals surface area contributed by atoms with Gasteiger partial charge in [0, 0.05) is 19.3 Å². The first-order valence-electron chi connectivity index (χ1n) is 16.4. The molecule has 0 aromatic rings. The second-order valence-corrected chi connectivity index (χ2v) is 11.5. The fourth-order valence-corrected chi connectivity index (χ4v) is 6.44. The molecule has 234 valence electrons. The van der Waals surface area contributed by atoms with Crippen LogP contribution in [0.3, 0.4) is 0 Å². The number of rotatable bonds is 28. The highest BCUT2D eigenvalue weighted by molar-refractivity contribution is 5.78. The Morgan fingerprint density at radius 1 is 0.500 bits per heavy atom. The number of allylic oxidation sites excluding steroid dienone is 2. The molecule has 0 saturated heterocycles. The van der Waals surface area contributed by atoms with Crippen LogP contribution in [0.15, 0.2) is 12.2 Å². The van der Waals surface area contributed by atoms with E-state index in [4.69, 9.17) is 0 Å². The van der Waals surface area contributed by atoms with Crippen LogP contribution in [-0.4, -0.2) is 62.4 Å². The van der Waals surface area contributed by atoms with E-state index >= 15 is 0 Å².